The third kappa shape index (κ3) is 5.80. The van der Waals surface area contributed by atoms with Crippen molar-refractivity contribution in [3.63, 3.8) is 0 Å². The Balaban J connectivity index is 1.22. The third-order valence-electron chi connectivity index (χ3n) is 7.03. The topological polar surface area (TPSA) is 108 Å². The first kappa shape index (κ1) is 25.3. The van der Waals surface area contributed by atoms with Crippen LogP contribution in [0.25, 0.3) is 22.4 Å². The molecule has 38 heavy (non-hydrogen) atoms. The first-order chi connectivity index (χ1) is 18.6. The minimum Gasteiger partial charge on any atom is -0.357 e. The maximum Gasteiger partial charge on any atom is 0.104 e. The monoisotopic (exact) mass is 504 g/mol. The fourth-order valence-electron chi connectivity index (χ4n) is 4.93. The number of likely N-dealkylation sites (tertiary alicyclic amines) is 1. The lowest BCUT2D eigenvalue weighted by Crippen LogP contribution is -2.34. The molecule has 1 fully saturated rings. The van der Waals surface area contributed by atoms with E-state index >= 15 is 0 Å². The van der Waals surface area contributed by atoms with Gasteiger partial charge in [-0.25, -0.2) is 0 Å². The highest BCUT2D eigenvalue weighted by Gasteiger charge is 2.22. The fraction of sp³-hybridized carbons (Fsp3) is 0.267. The van der Waals surface area contributed by atoms with Gasteiger partial charge in [0.05, 0.1) is 29.8 Å². The predicted molar refractivity (Wildman–Crippen MR) is 150 cm³/mol. The van der Waals surface area contributed by atoms with Crippen molar-refractivity contribution < 1.29 is 0 Å². The Labute approximate surface area is 223 Å². The van der Waals surface area contributed by atoms with Gasteiger partial charge in [0.25, 0.3) is 0 Å². The molecule has 0 amide bonds. The number of nitrogens with two attached hydrogens (primary N) is 1. The standard InChI is InChI=1S/C30H32N8/c1-33-21-35-30(32)26-18-36-38(20-26)27-11-13-37(14-12-27)19-22-7-9-25(10-8-22)29-28(15-23(16-31)17-34-29)24-5-3-2-4-6-24/h2-10,15,17-18,20-21,27,30H,11-14,19,32H2,1H3,(H,33,35). The summed E-state index contributed by atoms with van der Waals surface area (Å²) in [7, 11) is 1.71. The highest BCUT2D eigenvalue weighted by Crippen LogP contribution is 2.31. The van der Waals surface area contributed by atoms with Crippen molar-refractivity contribution >= 4 is 6.34 Å². The average Bonchev–Trinajstić information content (AvgIpc) is 3.47. The Morgan fingerprint density at radius 2 is 1.87 bits per heavy atom. The van der Waals surface area contributed by atoms with Gasteiger partial charge in [-0.2, -0.15) is 10.4 Å². The highest BCUT2D eigenvalue weighted by atomic mass is 15.3. The van der Waals surface area contributed by atoms with E-state index in [0.717, 1.165) is 60.4 Å². The van der Waals surface area contributed by atoms with Gasteiger partial charge in [-0.3, -0.25) is 19.6 Å². The van der Waals surface area contributed by atoms with Crippen LogP contribution in [-0.2, 0) is 6.54 Å². The molecule has 3 N–H and O–H groups in total. The number of pyridine rings is 1. The molecule has 0 spiro atoms. The zero-order valence-corrected chi connectivity index (χ0v) is 21.5. The molecule has 8 heteroatoms. The Kier molecular flexibility index (Phi) is 7.88. The number of nitrogens with zero attached hydrogens (tertiary/aromatic N) is 6. The van der Waals surface area contributed by atoms with E-state index in [4.69, 9.17) is 5.73 Å². The first-order valence-electron chi connectivity index (χ1n) is 12.9. The number of aromatic nitrogens is 3. The maximum absolute atomic E-state index is 9.38. The van der Waals surface area contributed by atoms with Crippen LogP contribution in [0.1, 0.15) is 41.7 Å². The van der Waals surface area contributed by atoms with Gasteiger partial charge < -0.3 is 11.1 Å². The van der Waals surface area contributed by atoms with Crippen molar-refractivity contribution in [1.29, 1.82) is 5.26 Å². The molecule has 8 nitrogen and oxygen atoms in total. The molecule has 1 unspecified atom stereocenters. The van der Waals surface area contributed by atoms with Crippen LogP contribution in [-0.4, -0.2) is 46.1 Å². The fourth-order valence-corrected chi connectivity index (χ4v) is 4.93. The summed E-state index contributed by atoms with van der Waals surface area (Å²) in [5.41, 5.74) is 12.9. The van der Waals surface area contributed by atoms with Gasteiger partial charge in [0.1, 0.15) is 12.2 Å². The van der Waals surface area contributed by atoms with Gasteiger partial charge in [-0.15, -0.1) is 0 Å². The molecule has 0 aliphatic carbocycles. The molecule has 1 aliphatic rings. The summed E-state index contributed by atoms with van der Waals surface area (Å²) < 4.78 is 2.06. The quantitative estimate of drug-likeness (QED) is 0.207. The number of rotatable bonds is 8. The molecule has 0 radical (unpaired) electrons. The Hall–Kier alpha value is -4.32. The summed E-state index contributed by atoms with van der Waals surface area (Å²) in [6.07, 6.45) is 8.92. The summed E-state index contributed by atoms with van der Waals surface area (Å²) in [6, 6.07) is 23.3. The molecular weight excluding hydrogens is 472 g/mol. The summed E-state index contributed by atoms with van der Waals surface area (Å²) in [6.45, 7) is 2.95. The highest BCUT2D eigenvalue weighted by molar-refractivity contribution is 5.81. The van der Waals surface area contributed by atoms with E-state index in [1.165, 1.54) is 5.56 Å². The van der Waals surface area contributed by atoms with E-state index in [2.05, 4.69) is 72.4 Å². The number of nitriles is 1. The number of hydrogen-bond acceptors (Lipinski definition) is 6. The van der Waals surface area contributed by atoms with Crippen LogP contribution in [0.15, 0.2) is 84.2 Å². The number of piperidine rings is 1. The zero-order valence-electron chi connectivity index (χ0n) is 21.5. The largest absolute Gasteiger partial charge is 0.357 e. The molecule has 5 rings (SSSR count). The molecule has 0 bridgehead atoms. The molecule has 192 valence electrons. The second-order valence-corrected chi connectivity index (χ2v) is 9.59. The SMILES string of the molecule is CN=CNC(N)c1cnn(C2CCN(Cc3ccc(-c4ncc(C#N)cc4-c4ccccc4)cc3)CC2)c1. The van der Waals surface area contributed by atoms with Crippen LogP contribution in [0, 0.1) is 11.3 Å². The lowest BCUT2D eigenvalue weighted by atomic mass is 9.97. The van der Waals surface area contributed by atoms with Crippen molar-refractivity contribution in [2.45, 2.75) is 31.6 Å². The van der Waals surface area contributed by atoms with Crippen LogP contribution in [0.3, 0.4) is 0 Å². The Morgan fingerprint density at radius 1 is 1.11 bits per heavy atom. The van der Waals surface area contributed by atoms with Gasteiger partial charge in [0.15, 0.2) is 0 Å². The van der Waals surface area contributed by atoms with Crippen molar-refractivity contribution in [1.82, 2.24) is 25.0 Å². The summed E-state index contributed by atoms with van der Waals surface area (Å²) in [4.78, 5) is 11.1. The lowest BCUT2D eigenvalue weighted by molar-refractivity contribution is 0.173. The number of nitrogens with one attached hydrogen (secondary N) is 1. The van der Waals surface area contributed by atoms with E-state index < -0.39 is 0 Å². The smallest absolute Gasteiger partial charge is 0.104 e. The first-order valence-corrected chi connectivity index (χ1v) is 12.9. The number of hydrogen-bond donors (Lipinski definition) is 2. The number of benzene rings is 2. The van der Waals surface area contributed by atoms with Gasteiger partial charge in [0, 0.05) is 55.8 Å². The predicted octanol–water partition coefficient (Wildman–Crippen LogP) is 4.53. The van der Waals surface area contributed by atoms with Crippen LogP contribution in [0.4, 0.5) is 0 Å². The minimum atomic E-state index is -0.307. The van der Waals surface area contributed by atoms with Crippen LogP contribution >= 0.6 is 0 Å². The molecule has 4 aromatic rings. The van der Waals surface area contributed by atoms with Crippen LogP contribution < -0.4 is 11.1 Å². The van der Waals surface area contributed by atoms with Gasteiger partial charge in [-0.1, -0.05) is 54.6 Å². The van der Waals surface area contributed by atoms with Gasteiger partial charge in [-0.05, 0) is 30.0 Å². The summed E-state index contributed by atoms with van der Waals surface area (Å²) >= 11 is 0. The summed E-state index contributed by atoms with van der Waals surface area (Å²) in [5.74, 6) is 0. The van der Waals surface area contributed by atoms with Crippen molar-refractivity contribution in [2.75, 3.05) is 20.1 Å². The third-order valence-corrected chi connectivity index (χ3v) is 7.03. The van der Waals surface area contributed by atoms with Crippen molar-refractivity contribution in [3.8, 4) is 28.5 Å². The molecule has 2 aromatic carbocycles. The zero-order chi connectivity index (χ0) is 26.3. The summed E-state index contributed by atoms with van der Waals surface area (Å²) in [5, 5.41) is 17.0. The molecular formula is C30H32N8. The molecule has 1 aliphatic heterocycles. The van der Waals surface area contributed by atoms with E-state index in [9.17, 15) is 5.26 Å². The molecule has 3 heterocycles. The lowest BCUT2D eigenvalue weighted by Gasteiger charge is -2.32. The Morgan fingerprint density at radius 3 is 2.58 bits per heavy atom. The normalized spacial score (nSPS) is 15.4. The van der Waals surface area contributed by atoms with E-state index in [1.807, 2.05) is 36.7 Å². The number of aliphatic imine (C=N–C) groups is 1. The van der Waals surface area contributed by atoms with Crippen LogP contribution in [0.2, 0.25) is 0 Å². The Bertz CT molecular complexity index is 1410. The maximum atomic E-state index is 9.38. The van der Waals surface area contributed by atoms with Crippen molar-refractivity contribution in [2.24, 2.45) is 10.7 Å². The van der Waals surface area contributed by atoms with Crippen LogP contribution in [0.5, 0.6) is 0 Å². The van der Waals surface area contributed by atoms with Crippen molar-refractivity contribution in [3.05, 3.63) is 95.9 Å². The molecule has 1 saturated heterocycles. The second-order valence-electron chi connectivity index (χ2n) is 9.59. The molecule has 0 saturated carbocycles. The average molecular weight is 505 g/mol. The second kappa shape index (κ2) is 11.8. The minimum absolute atomic E-state index is 0.307. The van der Waals surface area contributed by atoms with E-state index in [-0.39, 0.29) is 6.17 Å². The van der Waals surface area contributed by atoms with E-state index in [0.29, 0.717) is 11.6 Å². The molecule has 1 atom stereocenters. The van der Waals surface area contributed by atoms with Gasteiger partial charge in [0.2, 0.25) is 0 Å². The molecule has 2 aromatic heterocycles. The van der Waals surface area contributed by atoms with E-state index in [1.54, 1.807) is 19.6 Å². The van der Waals surface area contributed by atoms with Gasteiger partial charge >= 0.3 is 0 Å².